The molecule has 0 bridgehead atoms. The highest BCUT2D eigenvalue weighted by Crippen LogP contribution is 2.41. The van der Waals surface area contributed by atoms with Gasteiger partial charge in [-0.3, -0.25) is 24.2 Å². The van der Waals surface area contributed by atoms with Crippen LogP contribution in [0.15, 0.2) is 294 Å². The van der Waals surface area contributed by atoms with Gasteiger partial charge >= 0.3 is 17.5 Å². The number of furan rings is 2. The number of amides is 1. The van der Waals surface area contributed by atoms with E-state index in [0.717, 1.165) is 155 Å². The molecular formula is C121H129N11O18. The Bertz CT molecular complexity index is 7450. The first-order valence-corrected chi connectivity index (χ1v) is 52.3. The van der Waals surface area contributed by atoms with E-state index < -0.39 is 30.3 Å². The van der Waals surface area contributed by atoms with E-state index in [4.69, 9.17) is 55.3 Å². The second-order valence-electron chi connectivity index (χ2n) is 39.9. The minimum atomic E-state index is -0.610. The molecule has 18 aromatic rings. The van der Waals surface area contributed by atoms with E-state index in [1.54, 1.807) is 38.1 Å². The Morgan fingerprint density at radius 3 is 1.37 bits per heavy atom. The molecule has 12 aromatic carbocycles. The molecule has 150 heavy (non-hydrogen) atoms. The number of piperidine rings is 4. The van der Waals surface area contributed by atoms with Crippen molar-refractivity contribution in [3.63, 3.8) is 0 Å². The number of fused-ring (bicyclic) bond motifs is 8. The summed E-state index contributed by atoms with van der Waals surface area (Å²) in [5.74, 6) is 6.35. The van der Waals surface area contributed by atoms with Gasteiger partial charge < -0.3 is 85.5 Å². The predicted molar refractivity (Wildman–Crippen MR) is 579 cm³/mol. The second-order valence-corrected chi connectivity index (χ2v) is 39.9. The molecule has 5 fully saturated rings. The molecule has 0 spiro atoms. The summed E-state index contributed by atoms with van der Waals surface area (Å²) in [6.45, 7) is 19.2. The monoisotopic (exact) mass is 2020 g/mol. The van der Waals surface area contributed by atoms with E-state index in [2.05, 4.69) is 220 Å². The number of aliphatic hydroxyl groups excluding tert-OH is 3. The number of aromatic nitrogens is 5. The maximum atomic E-state index is 12.6. The number of carbonyl (C=O) groups excluding carboxylic acids is 2. The number of para-hydroxylation sites is 1. The first-order valence-electron chi connectivity index (χ1n) is 52.3. The minimum absolute atomic E-state index is 0.149. The molecular weight excluding hydrogens is 1900 g/mol. The Hall–Kier alpha value is -14.5. The molecule has 4 atom stereocenters. The van der Waals surface area contributed by atoms with E-state index in [9.17, 15) is 29.7 Å². The van der Waals surface area contributed by atoms with Gasteiger partial charge in [-0.1, -0.05) is 200 Å². The molecule has 29 nitrogen and oxygen atoms in total. The minimum Gasteiger partial charge on any atom is -0.490 e. The van der Waals surface area contributed by atoms with Gasteiger partial charge in [0.25, 0.3) is 11.8 Å². The van der Waals surface area contributed by atoms with Crippen LogP contribution in [-0.4, -0.2) is 252 Å². The lowest BCUT2D eigenvalue weighted by Crippen LogP contribution is -2.42. The normalized spacial score (nSPS) is 16.5. The van der Waals surface area contributed by atoms with Crippen LogP contribution in [0.2, 0.25) is 0 Å². The van der Waals surface area contributed by atoms with Crippen molar-refractivity contribution in [2.75, 3.05) is 145 Å². The maximum absolute atomic E-state index is 12.6. The van der Waals surface area contributed by atoms with Crippen LogP contribution in [0, 0.1) is 13.8 Å². The fraction of sp³-hybridized carbons (Fsp3) is 0.347. The number of benzene rings is 12. The molecule has 11 heterocycles. The summed E-state index contributed by atoms with van der Waals surface area (Å²) >= 11 is 0. The number of aliphatic hydroxyl groups is 3. The molecule has 5 aliphatic rings. The van der Waals surface area contributed by atoms with E-state index >= 15 is 0 Å². The number of hydroxylamine groups is 2. The second kappa shape index (κ2) is 48.4. The number of morpholine rings is 1. The number of carbonyl (C=O) groups is 2. The third-order valence-corrected chi connectivity index (χ3v) is 29.5. The van der Waals surface area contributed by atoms with Gasteiger partial charge in [-0.2, -0.15) is 0 Å². The molecule has 1 amide bonds. The fourth-order valence-electron chi connectivity index (χ4n) is 21.6. The van der Waals surface area contributed by atoms with E-state index in [-0.39, 0.29) is 43.8 Å². The van der Waals surface area contributed by atoms with Gasteiger partial charge in [0.15, 0.2) is 22.9 Å². The highest BCUT2D eigenvalue weighted by molar-refractivity contribution is 5.98. The largest absolute Gasteiger partial charge is 0.490 e. The van der Waals surface area contributed by atoms with E-state index in [1.165, 1.54) is 86.4 Å². The van der Waals surface area contributed by atoms with Crippen molar-refractivity contribution in [3.05, 3.63) is 323 Å². The highest BCUT2D eigenvalue weighted by atomic mass is 16.7. The van der Waals surface area contributed by atoms with Crippen molar-refractivity contribution in [2.45, 2.75) is 127 Å². The van der Waals surface area contributed by atoms with Gasteiger partial charge in [-0.05, 0) is 253 Å². The lowest BCUT2D eigenvalue weighted by Gasteiger charge is -2.34. The molecule has 23 rings (SSSR count). The van der Waals surface area contributed by atoms with Crippen LogP contribution in [0.3, 0.4) is 0 Å². The summed E-state index contributed by atoms with van der Waals surface area (Å²) in [6, 6.07) is 90.7. The summed E-state index contributed by atoms with van der Waals surface area (Å²) in [5.41, 5.74) is 9.27. The number of nitrogens with zero attached hydrogens (tertiary/aromatic N) is 10. The zero-order chi connectivity index (χ0) is 103. The maximum Gasteiger partial charge on any atom is 0.340 e. The van der Waals surface area contributed by atoms with Crippen LogP contribution in [-0.2, 0) is 25.7 Å². The molecule has 776 valence electrons. The number of ether oxygens (including phenoxy) is 6. The molecule has 5 aliphatic heterocycles. The Balaban J connectivity index is 0.000000121. The Kier molecular flexibility index (Phi) is 33.2. The quantitative estimate of drug-likeness (QED) is 0.0178. The van der Waals surface area contributed by atoms with Gasteiger partial charge in [0, 0.05) is 96.0 Å². The van der Waals surface area contributed by atoms with Crippen LogP contribution < -0.4 is 24.6 Å². The number of esters is 1. The van der Waals surface area contributed by atoms with Gasteiger partial charge in [0.1, 0.15) is 85.0 Å². The lowest BCUT2D eigenvalue weighted by atomic mass is 9.86. The number of rotatable bonds is 31. The number of aryl methyl sites for hydroxylation is 2. The smallest absolute Gasteiger partial charge is 0.340 e. The Labute approximate surface area is 870 Å². The van der Waals surface area contributed by atoms with Crippen LogP contribution in [0.5, 0.6) is 23.0 Å². The van der Waals surface area contributed by atoms with Gasteiger partial charge in [-0.15, -0.1) is 20.4 Å². The van der Waals surface area contributed by atoms with Gasteiger partial charge in [0.2, 0.25) is 11.8 Å². The first kappa shape index (κ1) is 103. The number of β-amino-alcohol motifs (C(OH)–C–C–N with tert-alkyl or cyclic N) is 3. The third-order valence-electron chi connectivity index (χ3n) is 29.5. The zero-order valence-corrected chi connectivity index (χ0v) is 85.5. The fourth-order valence-corrected chi connectivity index (χ4v) is 21.6. The number of aromatic amines is 1. The van der Waals surface area contributed by atoms with Crippen molar-refractivity contribution in [1.82, 2.24) is 54.9 Å². The summed E-state index contributed by atoms with van der Waals surface area (Å²) in [6.07, 6.45) is 6.44. The number of nitrogens with one attached hydrogen (secondary N) is 1. The standard InChI is InChI=1S/C32H36N2O5.C31H34N2O6.C29H30N4O3.C29H29N3O4/c35-28(21-33-12-10-24(11-13-33)26-9-8-23-4-1-2-5-25(23)18-26)22-38-30-6-3-7-31-29(30)19-27(32(36)39-31)20-34-14-16-37-17-15-34;1-21(34)38-26(20-37-28-9-6-10-29-27(28)18-30(39-29)31(35)32(2)36-3)19-33-15-13-23(14-16-33)25-12-11-22-7-4-5-8-24(22)17-25;1-19-31-32-29(36-19)27-16-25-26(30-27)10-5-11-28(25)35-18-22(34)17-33-14-12-21(13-15-33)24-9-4-7-20-6-2-3-8-23(20)24;1-19-30-31-29(35-19)27-16-22-8-5-11-26(28(22)36-27)34-18-23(33)17-32-14-12-21(13-15-32)25-10-4-7-20-6-2-3-9-24(20)25/h1-9,18-19,24,28,35H,10-17,20-22H2;4-12,17-18,23,26H,13-16,19-20H2,1-3H3;2-11,16,21-22,30,34H,12-15,17-18H2,1H3;2-11,16,21,23,33H,12-15,17-18H2,1H3/t28-;26-;22-;23-/m0000/s1. The lowest BCUT2D eigenvalue weighted by molar-refractivity contribution is -0.149. The molecule has 0 aliphatic carbocycles. The third kappa shape index (κ3) is 25.5. The van der Waals surface area contributed by atoms with Crippen LogP contribution in [0.25, 0.3) is 110 Å². The molecule has 6 aromatic heterocycles. The molecule has 5 saturated heterocycles. The number of hydrogen-bond acceptors (Lipinski definition) is 27. The molecule has 4 N–H and O–H groups in total. The van der Waals surface area contributed by atoms with Crippen molar-refractivity contribution in [2.24, 2.45) is 0 Å². The average molecular weight is 2030 g/mol. The Morgan fingerprint density at radius 2 is 0.847 bits per heavy atom. The van der Waals surface area contributed by atoms with E-state index in [0.29, 0.717) is 144 Å². The number of likely N-dealkylation sites (tertiary alicyclic amines) is 4. The average Bonchev–Trinajstić information content (AvgIpc) is 1.62. The molecule has 29 heteroatoms. The number of H-pyrrole nitrogens is 1. The van der Waals surface area contributed by atoms with Crippen LogP contribution in [0.4, 0.5) is 0 Å². The Morgan fingerprint density at radius 1 is 0.407 bits per heavy atom. The first-order chi connectivity index (χ1) is 73.3. The van der Waals surface area contributed by atoms with Crippen molar-refractivity contribution >= 4 is 98.8 Å². The van der Waals surface area contributed by atoms with Gasteiger partial charge in [0.05, 0.1) is 36.7 Å². The van der Waals surface area contributed by atoms with Crippen molar-refractivity contribution < 1.29 is 80.3 Å². The van der Waals surface area contributed by atoms with Crippen molar-refractivity contribution in [3.8, 4) is 46.2 Å². The molecule has 0 radical (unpaired) electrons. The van der Waals surface area contributed by atoms with Crippen LogP contribution >= 0.6 is 0 Å². The topological polar surface area (TPSA) is 329 Å². The van der Waals surface area contributed by atoms with E-state index in [1.807, 2.05) is 72.8 Å². The van der Waals surface area contributed by atoms with Crippen LogP contribution in [0.1, 0.15) is 132 Å². The SMILES string of the molecule is CON(C)C(=O)c1cc2c(OC[C@H](CN3CCC(c4ccc5ccccc5c4)CC3)OC(C)=O)cccc2o1.Cc1nnc(-c2cc3c(OC[C@@H](O)CN4CCC(c5cccc6ccccc56)CC4)cccc3[nH]2)o1.Cc1nnc(-c2cc3cccc(OC[C@@H](O)CN4CCC(c5cccc6ccccc56)CC4)c3o2)o1.O=c1oc2cccc(OC[C@@H](O)CN3CCC(c4ccc5ccccc5c4)CC3)c2cc1CN1CCOCC1. The highest BCUT2D eigenvalue weighted by Gasteiger charge is 2.32. The summed E-state index contributed by atoms with van der Waals surface area (Å²) in [7, 11) is 2.93. The van der Waals surface area contributed by atoms with Gasteiger partial charge in [-0.25, -0.2) is 9.86 Å². The summed E-state index contributed by atoms with van der Waals surface area (Å²) in [5, 5.41) is 62.9. The zero-order valence-electron chi connectivity index (χ0n) is 85.5. The molecule has 0 unspecified atom stereocenters. The number of hydrogen-bond donors (Lipinski definition) is 4. The predicted octanol–water partition coefficient (Wildman–Crippen LogP) is 20.7. The summed E-state index contributed by atoms with van der Waals surface area (Å²) in [4.78, 5) is 56.7. The molecule has 0 saturated carbocycles. The van der Waals surface area contributed by atoms with Crippen molar-refractivity contribution in [1.29, 1.82) is 0 Å². The summed E-state index contributed by atoms with van der Waals surface area (Å²) < 4.78 is 63.5.